The largest absolute Gasteiger partial charge is 0.360 e. The number of hydrogen-bond acceptors (Lipinski definition) is 3. The number of piperazine rings is 1. The molecule has 1 amide bonds. The van der Waals surface area contributed by atoms with Gasteiger partial charge in [0.2, 0.25) is 0 Å². The first-order chi connectivity index (χ1) is 13.2. The van der Waals surface area contributed by atoms with Gasteiger partial charge >= 0.3 is 0 Å². The Balaban J connectivity index is 1.33. The van der Waals surface area contributed by atoms with Crippen molar-refractivity contribution in [2.75, 3.05) is 37.6 Å². The predicted molar refractivity (Wildman–Crippen MR) is 103 cm³/mol. The summed E-state index contributed by atoms with van der Waals surface area (Å²) in [5.74, 6) is -0.143. The molecule has 0 radical (unpaired) electrons. The van der Waals surface area contributed by atoms with Gasteiger partial charge in [-0.15, -0.1) is 0 Å². The maximum absolute atomic E-state index is 13.1. The highest BCUT2D eigenvalue weighted by atomic mass is 19.1. The molecule has 2 aliphatic rings. The van der Waals surface area contributed by atoms with Crippen molar-refractivity contribution in [3.63, 3.8) is 0 Å². The van der Waals surface area contributed by atoms with Gasteiger partial charge < -0.3 is 9.80 Å². The molecule has 6 heteroatoms. The van der Waals surface area contributed by atoms with Crippen LogP contribution in [0.2, 0.25) is 0 Å². The molecule has 0 saturated carbocycles. The molecule has 140 valence electrons. The van der Waals surface area contributed by atoms with Gasteiger partial charge in [0.05, 0.1) is 32.2 Å². The first kappa shape index (κ1) is 17.7. The van der Waals surface area contributed by atoms with E-state index in [2.05, 4.69) is 10.0 Å². The third kappa shape index (κ3) is 4.01. The van der Waals surface area contributed by atoms with E-state index < -0.39 is 0 Å². The Morgan fingerprint density at radius 3 is 2.48 bits per heavy atom. The number of hydrazone groups is 1. The van der Waals surface area contributed by atoms with Gasteiger partial charge in [0, 0.05) is 18.3 Å². The maximum atomic E-state index is 13.1. The summed E-state index contributed by atoms with van der Waals surface area (Å²) in [5, 5.41) is 5.98. The molecule has 1 N–H and O–H groups in total. The van der Waals surface area contributed by atoms with Crippen molar-refractivity contribution in [3.8, 4) is 0 Å². The van der Waals surface area contributed by atoms with Crippen LogP contribution in [0, 0.1) is 5.82 Å². The second kappa shape index (κ2) is 7.88. The normalized spacial score (nSPS) is 20.3. The molecule has 4 rings (SSSR count). The summed E-state index contributed by atoms with van der Waals surface area (Å²) in [6, 6.07) is 16.7. The van der Waals surface area contributed by atoms with Crippen molar-refractivity contribution >= 4 is 17.8 Å². The second-order valence-corrected chi connectivity index (χ2v) is 7.09. The van der Waals surface area contributed by atoms with E-state index in [-0.39, 0.29) is 17.8 Å². The van der Waals surface area contributed by atoms with E-state index in [4.69, 9.17) is 0 Å². The number of amides is 1. The molecule has 1 atom stereocenters. The minimum absolute atomic E-state index is 0.0126. The zero-order chi connectivity index (χ0) is 18.6. The van der Waals surface area contributed by atoms with E-state index in [0.29, 0.717) is 6.54 Å². The smallest absolute Gasteiger partial charge is 0.298 e. The monoisotopic (exact) mass is 367 g/mol. The molecule has 2 heterocycles. The molecular formula is C21H24FN4O+. The van der Waals surface area contributed by atoms with E-state index in [1.165, 1.54) is 17.0 Å². The minimum Gasteiger partial charge on any atom is -0.360 e. The van der Waals surface area contributed by atoms with Crippen LogP contribution in [-0.4, -0.2) is 49.9 Å². The molecular weight excluding hydrogens is 343 g/mol. The fourth-order valence-corrected chi connectivity index (χ4v) is 3.81. The highest BCUT2D eigenvalue weighted by Gasteiger charge is 2.31. The van der Waals surface area contributed by atoms with Gasteiger partial charge in [-0.1, -0.05) is 30.3 Å². The number of carbonyl (C=O) groups excluding carboxylic acids is 1. The van der Waals surface area contributed by atoms with Crippen molar-refractivity contribution in [2.24, 2.45) is 5.10 Å². The topological polar surface area (TPSA) is 40.4 Å². The lowest BCUT2D eigenvalue weighted by molar-refractivity contribution is -0.892. The molecule has 0 bridgehead atoms. The van der Waals surface area contributed by atoms with Crippen molar-refractivity contribution in [2.45, 2.75) is 12.5 Å². The molecule has 2 aliphatic heterocycles. The number of nitrogens with zero attached hydrogens (tertiary/aromatic N) is 3. The van der Waals surface area contributed by atoms with Gasteiger partial charge in [-0.3, -0.25) is 4.79 Å². The molecule has 0 spiro atoms. The lowest BCUT2D eigenvalue weighted by Crippen LogP contribution is -3.15. The van der Waals surface area contributed by atoms with E-state index in [1.54, 1.807) is 5.01 Å². The van der Waals surface area contributed by atoms with E-state index in [0.717, 1.165) is 43.9 Å². The van der Waals surface area contributed by atoms with Crippen LogP contribution in [0.4, 0.5) is 10.1 Å². The van der Waals surface area contributed by atoms with Crippen LogP contribution in [-0.2, 0) is 4.79 Å². The average Bonchev–Trinajstić information content (AvgIpc) is 3.20. The number of benzene rings is 2. The summed E-state index contributed by atoms with van der Waals surface area (Å²) in [6.45, 7) is 3.95. The fraction of sp³-hybridized carbons (Fsp3) is 0.333. The van der Waals surface area contributed by atoms with Gasteiger partial charge in [0.1, 0.15) is 5.82 Å². The minimum atomic E-state index is -0.215. The zero-order valence-corrected chi connectivity index (χ0v) is 15.2. The number of halogens is 1. The van der Waals surface area contributed by atoms with Gasteiger partial charge in [0.15, 0.2) is 6.54 Å². The van der Waals surface area contributed by atoms with Crippen molar-refractivity contribution in [1.82, 2.24) is 5.01 Å². The molecule has 2 aromatic carbocycles. The number of hydrogen-bond donors (Lipinski definition) is 1. The van der Waals surface area contributed by atoms with Crippen LogP contribution >= 0.6 is 0 Å². The van der Waals surface area contributed by atoms with Crippen LogP contribution in [0.3, 0.4) is 0 Å². The quantitative estimate of drug-likeness (QED) is 0.890. The standard InChI is InChI=1S/C21H23FN4O/c22-18-6-8-19(9-7-18)25-14-12-24(13-15-25)16-21(27)26-20(10-11-23-26)17-4-2-1-3-5-17/h1-9,11,20H,10,12-16H2/p+1/t20-/m0/s1. The number of nitrogens with one attached hydrogen (secondary N) is 1. The van der Waals surface area contributed by atoms with Crippen LogP contribution in [0.15, 0.2) is 59.7 Å². The Morgan fingerprint density at radius 2 is 1.78 bits per heavy atom. The molecule has 1 fully saturated rings. The average molecular weight is 367 g/mol. The SMILES string of the molecule is O=C(C[NH+]1CCN(c2ccc(F)cc2)CC1)N1N=CC[C@H]1c1ccccc1. The molecule has 0 aliphatic carbocycles. The van der Waals surface area contributed by atoms with E-state index in [9.17, 15) is 9.18 Å². The summed E-state index contributed by atoms with van der Waals surface area (Å²) < 4.78 is 13.1. The van der Waals surface area contributed by atoms with Crippen molar-refractivity contribution < 1.29 is 14.1 Å². The molecule has 0 aromatic heterocycles. The summed E-state index contributed by atoms with van der Waals surface area (Å²) >= 11 is 0. The van der Waals surface area contributed by atoms with Crippen molar-refractivity contribution in [3.05, 3.63) is 66.0 Å². The molecule has 0 unspecified atom stereocenters. The maximum Gasteiger partial charge on any atom is 0.298 e. The number of anilines is 1. The van der Waals surface area contributed by atoms with Gasteiger partial charge in [-0.05, 0) is 29.8 Å². The zero-order valence-electron chi connectivity index (χ0n) is 15.2. The van der Waals surface area contributed by atoms with Gasteiger partial charge in [0.25, 0.3) is 5.91 Å². The second-order valence-electron chi connectivity index (χ2n) is 7.09. The highest BCUT2D eigenvalue weighted by Crippen LogP contribution is 2.27. The number of carbonyl (C=O) groups is 1. The molecule has 5 nitrogen and oxygen atoms in total. The lowest BCUT2D eigenvalue weighted by atomic mass is 10.0. The fourth-order valence-electron chi connectivity index (χ4n) is 3.81. The Morgan fingerprint density at radius 1 is 1.07 bits per heavy atom. The van der Waals surface area contributed by atoms with E-state index in [1.807, 2.05) is 48.7 Å². The summed E-state index contributed by atoms with van der Waals surface area (Å²) in [7, 11) is 0. The number of quaternary nitrogens is 1. The number of rotatable bonds is 4. The lowest BCUT2D eigenvalue weighted by Gasteiger charge is -2.34. The van der Waals surface area contributed by atoms with Crippen LogP contribution in [0.1, 0.15) is 18.0 Å². The van der Waals surface area contributed by atoms with Crippen LogP contribution < -0.4 is 9.80 Å². The molecule has 1 saturated heterocycles. The third-order valence-corrected chi connectivity index (χ3v) is 5.33. The first-order valence-electron chi connectivity index (χ1n) is 9.44. The molecule has 27 heavy (non-hydrogen) atoms. The summed E-state index contributed by atoms with van der Waals surface area (Å²) in [5.41, 5.74) is 2.16. The van der Waals surface area contributed by atoms with Crippen molar-refractivity contribution in [1.29, 1.82) is 0 Å². The Bertz CT molecular complexity index is 801. The Labute approximate surface area is 158 Å². The van der Waals surface area contributed by atoms with Crippen LogP contribution in [0.5, 0.6) is 0 Å². The Kier molecular flexibility index (Phi) is 5.16. The predicted octanol–water partition coefficient (Wildman–Crippen LogP) is 1.49. The highest BCUT2D eigenvalue weighted by molar-refractivity contribution is 5.80. The van der Waals surface area contributed by atoms with E-state index >= 15 is 0 Å². The summed E-state index contributed by atoms with van der Waals surface area (Å²) in [4.78, 5) is 16.3. The first-order valence-corrected chi connectivity index (χ1v) is 9.44. The van der Waals surface area contributed by atoms with Crippen LogP contribution in [0.25, 0.3) is 0 Å². The van der Waals surface area contributed by atoms with Gasteiger partial charge in [-0.2, -0.15) is 5.10 Å². The Hall–Kier alpha value is -2.73. The van der Waals surface area contributed by atoms with Gasteiger partial charge in [-0.25, -0.2) is 9.40 Å². The summed E-state index contributed by atoms with van der Waals surface area (Å²) in [6.07, 6.45) is 2.60. The molecule has 2 aromatic rings. The third-order valence-electron chi connectivity index (χ3n) is 5.33.